The molecule has 8 heteroatoms. The van der Waals surface area contributed by atoms with Crippen LogP contribution in [0.3, 0.4) is 0 Å². The van der Waals surface area contributed by atoms with Crippen molar-refractivity contribution >= 4 is 33.2 Å². The molecule has 0 saturated carbocycles. The van der Waals surface area contributed by atoms with Gasteiger partial charge in [0.1, 0.15) is 5.75 Å². The van der Waals surface area contributed by atoms with Gasteiger partial charge in [0.25, 0.3) is 0 Å². The SMILES string of the molecule is COc1ccc(S(=O)(=O)N(CCc2ccccc2)CC(=O)Nc2cccc(Cl)c2C)cc1. The third kappa shape index (κ3) is 5.88. The maximum absolute atomic E-state index is 13.3. The van der Waals surface area contributed by atoms with Crippen LogP contribution in [-0.2, 0) is 21.2 Å². The summed E-state index contributed by atoms with van der Waals surface area (Å²) in [5, 5.41) is 3.29. The first kappa shape index (κ1) is 23.8. The summed E-state index contributed by atoms with van der Waals surface area (Å²) >= 11 is 6.13. The molecule has 0 aliphatic heterocycles. The van der Waals surface area contributed by atoms with E-state index in [0.717, 1.165) is 11.1 Å². The van der Waals surface area contributed by atoms with Gasteiger partial charge in [-0.05, 0) is 60.9 Å². The van der Waals surface area contributed by atoms with E-state index in [2.05, 4.69) is 5.32 Å². The van der Waals surface area contributed by atoms with E-state index in [-0.39, 0.29) is 18.0 Å². The lowest BCUT2D eigenvalue weighted by Gasteiger charge is -2.22. The van der Waals surface area contributed by atoms with Gasteiger partial charge in [-0.2, -0.15) is 4.31 Å². The molecule has 0 aliphatic rings. The summed E-state index contributed by atoms with van der Waals surface area (Å²) in [6.45, 7) is 1.62. The van der Waals surface area contributed by atoms with Gasteiger partial charge < -0.3 is 10.1 Å². The van der Waals surface area contributed by atoms with Crippen LogP contribution in [0.15, 0.2) is 77.7 Å². The summed E-state index contributed by atoms with van der Waals surface area (Å²) < 4.78 is 33.0. The molecule has 0 fully saturated rings. The van der Waals surface area contributed by atoms with E-state index in [1.54, 1.807) is 37.3 Å². The molecular formula is C24H25ClN2O4S. The van der Waals surface area contributed by atoms with Crippen LogP contribution in [0.1, 0.15) is 11.1 Å². The van der Waals surface area contributed by atoms with Gasteiger partial charge >= 0.3 is 0 Å². The fourth-order valence-electron chi connectivity index (χ4n) is 3.17. The molecule has 3 rings (SSSR count). The molecule has 0 bridgehead atoms. The molecule has 0 atom stereocenters. The van der Waals surface area contributed by atoms with Crippen LogP contribution < -0.4 is 10.1 Å². The normalized spacial score (nSPS) is 11.4. The van der Waals surface area contributed by atoms with Gasteiger partial charge in [-0.1, -0.05) is 48.0 Å². The summed E-state index contributed by atoms with van der Waals surface area (Å²) in [7, 11) is -2.40. The number of nitrogens with zero attached hydrogens (tertiary/aromatic N) is 1. The second-order valence-electron chi connectivity index (χ2n) is 7.21. The van der Waals surface area contributed by atoms with Crippen molar-refractivity contribution in [1.82, 2.24) is 4.31 Å². The number of methoxy groups -OCH3 is 1. The minimum absolute atomic E-state index is 0.0955. The van der Waals surface area contributed by atoms with E-state index in [1.807, 2.05) is 30.3 Å². The van der Waals surface area contributed by atoms with E-state index in [9.17, 15) is 13.2 Å². The van der Waals surface area contributed by atoms with E-state index >= 15 is 0 Å². The summed E-state index contributed by atoms with van der Waals surface area (Å²) in [6, 6.07) is 20.8. The molecule has 32 heavy (non-hydrogen) atoms. The predicted molar refractivity (Wildman–Crippen MR) is 127 cm³/mol. The molecule has 1 N–H and O–H groups in total. The Kier molecular flexibility index (Phi) is 7.90. The Bertz CT molecular complexity index is 1170. The monoisotopic (exact) mass is 472 g/mol. The topological polar surface area (TPSA) is 75.7 Å². The maximum Gasteiger partial charge on any atom is 0.243 e. The highest BCUT2D eigenvalue weighted by atomic mass is 35.5. The van der Waals surface area contributed by atoms with Crippen molar-refractivity contribution in [2.24, 2.45) is 0 Å². The molecule has 0 aliphatic carbocycles. The summed E-state index contributed by atoms with van der Waals surface area (Å²) in [5.41, 5.74) is 2.25. The third-order valence-electron chi connectivity index (χ3n) is 5.05. The largest absolute Gasteiger partial charge is 0.497 e. The molecule has 0 heterocycles. The van der Waals surface area contributed by atoms with Crippen LogP contribution >= 0.6 is 11.6 Å². The van der Waals surface area contributed by atoms with Crippen molar-refractivity contribution in [3.63, 3.8) is 0 Å². The number of hydrogen-bond donors (Lipinski definition) is 1. The molecule has 1 amide bonds. The number of anilines is 1. The molecule has 168 valence electrons. The highest BCUT2D eigenvalue weighted by molar-refractivity contribution is 7.89. The third-order valence-corrected chi connectivity index (χ3v) is 7.32. The average Bonchev–Trinajstić information content (AvgIpc) is 2.80. The Hall–Kier alpha value is -2.87. The van der Waals surface area contributed by atoms with E-state index < -0.39 is 15.9 Å². The Morgan fingerprint density at radius 3 is 2.34 bits per heavy atom. The molecule has 0 spiro atoms. The standard InChI is InChI=1S/C24H25ClN2O4S/c1-18-22(25)9-6-10-23(18)26-24(28)17-27(16-15-19-7-4-3-5-8-19)32(29,30)21-13-11-20(31-2)12-14-21/h3-14H,15-17H2,1-2H3,(H,26,28). The fourth-order valence-corrected chi connectivity index (χ4v) is 4.74. The number of rotatable bonds is 9. The first-order valence-corrected chi connectivity index (χ1v) is 11.9. The van der Waals surface area contributed by atoms with Crippen LogP contribution in [0.4, 0.5) is 5.69 Å². The van der Waals surface area contributed by atoms with E-state index in [0.29, 0.717) is 22.9 Å². The molecule has 0 unspecified atom stereocenters. The maximum atomic E-state index is 13.3. The first-order chi connectivity index (χ1) is 15.3. The quantitative estimate of drug-likeness (QED) is 0.496. The molecule has 0 radical (unpaired) electrons. The predicted octanol–water partition coefficient (Wildman–Crippen LogP) is 4.53. The number of ether oxygens (including phenoxy) is 1. The number of carbonyl (C=O) groups excluding carboxylic acids is 1. The smallest absolute Gasteiger partial charge is 0.243 e. The lowest BCUT2D eigenvalue weighted by molar-refractivity contribution is -0.116. The first-order valence-electron chi connectivity index (χ1n) is 10.0. The highest BCUT2D eigenvalue weighted by Crippen LogP contribution is 2.24. The zero-order valence-electron chi connectivity index (χ0n) is 17.9. The van der Waals surface area contributed by atoms with Crippen molar-refractivity contribution in [2.45, 2.75) is 18.2 Å². The Morgan fingerprint density at radius 1 is 1.00 bits per heavy atom. The van der Waals surface area contributed by atoms with Gasteiger partial charge in [0.2, 0.25) is 15.9 Å². The van der Waals surface area contributed by atoms with Gasteiger partial charge in [0.15, 0.2) is 0 Å². The van der Waals surface area contributed by atoms with Crippen LogP contribution in [0.2, 0.25) is 5.02 Å². The molecule has 6 nitrogen and oxygen atoms in total. The lowest BCUT2D eigenvalue weighted by Crippen LogP contribution is -2.39. The summed E-state index contributed by atoms with van der Waals surface area (Å²) in [4.78, 5) is 12.9. The number of benzene rings is 3. The van der Waals surface area contributed by atoms with E-state index in [4.69, 9.17) is 16.3 Å². The van der Waals surface area contributed by atoms with Gasteiger partial charge in [-0.3, -0.25) is 4.79 Å². The Labute approximate surface area is 193 Å². The average molecular weight is 473 g/mol. The van der Waals surface area contributed by atoms with Crippen LogP contribution in [-0.4, -0.2) is 38.8 Å². The fraction of sp³-hybridized carbons (Fsp3) is 0.208. The second kappa shape index (κ2) is 10.6. The molecular weight excluding hydrogens is 448 g/mol. The number of carbonyl (C=O) groups is 1. The number of hydrogen-bond acceptors (Lipinski definition) is 4. The number of sulfonamides is 1. The van der Waals surface area contributed by atoms with E-state index in [1.165, 1.54) is 23.5 Å². The van der Waals surface area contributed by atoms with Gasteiger partial charge in [0.05, 0.1) is 18.6 Å². The van der Waals surface area contributed by atoms with Crippen molar-refractivity contribution < 1.29 is 17.9 Å². The zero-order chi connectivity index (χ0) is 23.1. The number of halogens is 1. The summed E-state index contributed by atoms with van der Waals surface area (Å²) in [5.74, 6) is 0.106. The Morgan fingerprint density at radius 2 is 1.69 bits per heavy atom. The molecule has 3 aromatic carbocycles. The van der Waals surface area contributed by atoms with Crippen LogP contribution in [0.5, 0.6) is 5.75 Å². The van der Waals surface area contributed by atoms with Crippen molar-refractivity contribution in [2.75, 3.05) is 25.5 Å². The van der Waals surface area contributed by atoms with Crippen LogP contribution in [0.25, 0.3) is 0 Å². The molecule has 3 aromatic rings. The van der Waals surface area contributed by atoms with Crippen molar-refractivity contribution in [1.29, 1.82) is 0 Å². The second-order valence-corrected chi connectivity index (χ2v) is 9.56. The number of nitrogens with one attached hydrogen (secondary N) is 1. The van der Waals surface area contributed by atoms with Crippen LogP contribution in [0, 0.1) is 6.92 Å². The van der Waals surface area contributed by atoms with Gasteiger partial charge in [0, 0.05) is 17.3 Å². The zero-order valence-corrected chi connectivity index (χ0v) is 19.5. The van der Waals surface area contributed by atoms with Gasteiger partial charge in [-0.25, -0.2) is 8.42 Å². The van der Waals surface area contributed by atoms with Gasteiger partial charge in [-0.15, -0.1) is 0 Å². The minimum atomic E-state index is -3.91. The molecule has 0 aromatic heterocycles. The minimum Gasteiger partial charge on any atom is -0.497 e. The summed E-state index contributed by atoms with van der Waals surface area (Å²) in [6.07, 6.45) is 0.472. The Balaban J connectivity index is 1.83. The number of amides is 1. The molecule has 0 saturated heterocycles. The van der Waals surface area contributed by atoms with Crippen molar-refractivity contribution in [3.8, 4) is 5.75 Å². The highest BCUT2D eigenvalue weighted by Gasteiger charge is 2.27. The van der Waals surface area contributed by atoms with Crippen molar-refractivity contribution in [3.05, 3.63) is 88.9 Å². The lowest BCUT2D eigenvalue weighted by atomic mass is 10.1.